The zero-order valence-corrected chi connectivity index (χ0v) is 14.4. The van der Waals surface area contributed by atoms with E-state index < -0.39 is 5.60 Å². The summed E-state index contributed by atoms with van der Waals surface area (Å²) in [5, 5.41) is 0. The highest BCUT2D eigenvalue weighted by atomic mass is 16.6. The molecule has 0 spiro atoms. The van der Waals surface area contributed by atoms with Crippen LogP contribution < -0.4 is 0 Å². The minimum Gasteiger partial charge on any atom is -0.444 e. The Bertz CT molecular complexity index is 704. The van der Waals surface area contributed by atoms with Gasteiger partial charge in [0.05, 0.1) is 6.20 Å². The maximum atomic E-state index is 12.1. The number of rotatable bonds is 2. The Morgan fingerprint density at radius 1 is 1.38 bits per heavy atom. The summed E-state index contributed by atoms with van der Waals surface area (Å²) in [6, 6.07) is 1.80. The summed E-state index contributed by atoms with van der Waals surface area (Å²) in [5.74, 6) is 1.00. The van der Waals surface area contributed by atoms with E-state index in [4.69, 9.17) is 9.15 Å². The van der Waals surface area contributed by atoms with E-state index in [9.17, 15) is 4.79 Å². The zero-order chi connectivity index (χ0) is 17.2. The molecule has 1 aliphatic heterocycles. The van der Waals surface area contributed by atoms with Crippen LogP contribution in [0.25, 0.3) is 17.2 Å². The van der Waals surface area contributed by atoms with Gasteiger partial charge in [-0.2, -0.15) is 0 Å². The number of carbonyl (C=O) groups excluding carboxylic acids is 1. The van der Waals surface area contributed by atoms with Crippen LogP contribution in [0.1, 0.15) is 39.5 Å². The van der Waals surface area contributed by atoms with Crippen LogP contribution in [-0.2, 0) is 4.74 Å². The number of aromatic nitrogens is 2. The Labute approximate surface area is 141 Å². The summed E-state index contributed by atoms with van der Waals surface area (Å²) >= 11 is 0. The summed E-state index contributed by atoms with van der Waals surface area (Å²) in [6.07, 6.45) is 9.01. The second-order valence-corrected chi connectivity index (χ2v) is 7.06. The second kappa shape index (κ2) is 6.63. The average molecular weight is 329 g/mol. The standard InChI is InChI=1S/C18H23N3O3/c1-18(2,3)24-17(22)21-10-7-13(8-11-21)4-5-16-20-14-12-19-9-6-15(14)23-16/h4-6,9,12-13H,7-8,10-11H2,1-3H3/b5-4+. The van der Waals surface area contributed by atoms with Crippen molar-refractivity contribution in [3.05, 3.63) is 30.4 Å². The number of pyridine rings is 1. The van der Waals surface area contributed by atoms with Gasteiger partial charge in [0.25, 0.3) is 0 Å². The molecule has 1 fully saturated rings. The molecule has 6 heteroatoms. The van der Waals surface area contributed by atoms with Gasteiger partial charge in [-0.25, -0.2) is 9.78 Å². The molecule has 2 aromatic heterocycles. The highest BCUT2D eigenvalue weighted by Gasteiger charge is 2.25. The van der Waals surface area contributed by atoms with Crippen molar-refractivity contribution in [1.82, 2.24) is 14.9 Å². The number of likely N-dealkylation sites (tertiary alicyclic amines) is 1. The normalized spacial score (nSPS) is 16.9. The third kappa shape index (κ3) is 4.13. The molecule has 0 unspecified atom stereocenters. The lowest BCUT2D eigenvalue weighted by Gasteiger charge is -2.32. The van der Waals surface area contributed by atoms with E-state index in [2.05, 4.69) is 16.0 Å². The van der Waals surface area contributed by atoms with Crippen molar-refractivity contribution in [1.29, 1.82) is 0 Å². The highest BCUT2D eigenvalue weighted by molar-refractivity contribution is 5.72. The van der Waals surface area contributed by atoms with Gasteiger partial charge in [0.1, 0.15) is 11.1 Å². The van der Waals surface area contributed by atoms with Gasteiger partial charge in [-0.05, 0) is 45.6 Å². The molecule has 1 saturated heterocycles. The monoisotopic (exact) mass is 329 g/mol. The maximum absolute atomic E-state index is 12.1. The Hall–Kier alpha value is -2.37. The Balaban J connectivity index is 1.54. The van der Waals surface area contributed by atoms with Crippen molar-refractivity contribution in [2.24, 2.45) is 5.92 Å². The van der Waals surface area contributed by atoms with E-state index >= 15 is 0 Å². The predicted octanol–water partition coefficient (Wildman–Crippen LogP) is 3.88. The van der Waals surface area contributed by atoms with Gasteiger partial charge in [0.15, 0.2) is 5.58 Å². The number of hydrogen-bond donors (Lipinski definition) is 0. The van der Waals surface area contributed by atoms with Crippen LogP contribution in [0.15, 0.2) is 29.0 Å². The van der Waals surface area contributed by atoms with Crippen LogP contribution in [0, 0.1) is 5.92 Å². The summed E-state index contributed by atoms with van der Waals surface area (Å²) in [4.78, 5) is 22.2. The topological polar surface area (TPSA) is 68.5 Å². The molecule has 1 aliphatic rings. The van der Waals surface area contributed by atoms with Crippen LogP contribution in [-0.4, -0.2) is 39.7 Å². The first-order valence-corrected chi connectivity index (χ1v) is 8.27. The Morgan fingerprint density at radius 2 is 2.12 bits per heavy atom. The smallest absolute Gasteiger partial charge is 0.410 e. The second-order valence-electron chi connectivity index (χ2n) is 7.06. The quantitative estimate of drug-likeness (QED) is 0.836. The number of amides is 1. The van der Waals surface area contributed by atoms with Gasteiger partial charge < -0.3 is 14.1 Å². The zero-order valence-electron chi connectivity index (χ0n) is 14.4. The van der Waals surface area contributed by atoms with E-state index in [1.54, 1.807) is 23.4 Å². The molecule has 0 bridgehead atoms. The van der Waals surface area contributed by atoms with E-state index in [1.807, 2.05) is 26.8 Å². The van der Waals surface area contributed by atoms with Gasteiger partial charge in [0, 0.05) is 25.4 Å². The van der Waals surface area contributed by atoms with E-state index in [0.29, 0.717) is 24.9 Å². The average Bonchev–Trinajstić information content (AvgIpc) is 2.94. The molecular formula is C18H23N3O3. The largest absolute Gasteiger partial charge is 0.444 e. The highest BCUT2D eigenvalue weighted by Crippen LogP contribution is 2.22. The summed E-state index contributed by atoms with van der Waals surface area (Å²) < 4.78 is 11.1. The molecule has 6 nitrogen and oxygen atoms in total. The molecule has 0 N–H and O–H groups in total. The minimum atomic E-state index is -0.449. The molecule has 0 aromatic carbocycles. The molecule has 0 radical (unpaired) electrons. The number of allylic oxidation sites excluding steroid dienone is 1. The van der Waals surface area contributed by atoms with Gasteiger partial charge in [-0.3, -0.25) is 4.98 Å². The van der Waals surface area contributed by atoms with Crippen molar-refractivity contribution < 1.29 is 13.9 Å². The number of oxazole rings is 1. The van der Waals surface area contributed by atoms with Crippen molar-refractivity contribution in [3.8, 4) is 0 Å². The lowest BCUT2D eigenvalue weighted by atomic mass is 9.96. The lowest BCUT2D eigenvalue weighted by molar-refractivity contribution is 0.0197. The molecule has 2 aromatic rings. The predicted molar refractivity (Wildman–Crippen MR) is 91.4 cm³/mol. The van der Waals surface area contributed by atoms with Gasteiger partial charge >= 0.3 is 6.09 Å². The number of carbonyl (C=O) groups is 1. The molecule has 1 amide bonds. The summed E-state index contributed by atoms with van der Waals surface area (Å²) in [5.41, 5.74) is 1.05. The van der Waals surface area contributed by atoms with Gasteiger partial charge in [-0.15, -0.1) is 0 Å². The molecule has 0 aliphatic carbocycles. The SMILES string of the molecule is CC(C)(C)OC(=O)N1CCC(/C=C/c2nc3cnccc3o2)CC1. The number of piperidine rings is 1. The lowest BCUT2D eigenvalue weighted by Crippen LogP contribution is -2.41. The van der Waals surface area contributed by atoms with Crippen LogP contribution in [0.3, 0.4) is 0 Å². The third-order valence-electron chi connectivity index (χ3n) is 3.91. The first-order chi connectivity index (χ1) is 11.4. The molecule has 0 saturated carbocycles. The minimum absolute atomic E-state index is 0.226. The fraction of sp³-hybridized carbons (Fsp3) is 0.500. The first-order valence-electron chi connectivity index (χ1n) is 8.27. The van der Waals surface area contributed by atoms with Crippen molar-refractivity contribution in [2.45, 2.75) is 39.2 Å². The van der Waals surface area contributed by atoms with E-state index in [1.165, 1.54) is 0 Å². The number of ether oxygens (including phenoxy) is 1. The molecule has 3 rings (SSSR count). The first kappa shape index (κ1) is 16.5. The maximum Gasteiger partial charge on any atom is 0.410 e. The molecule has 128 valence electrons. The van der Waals surface area contributed by atoms with Crippen molar-refractivity contribution in [3.63, 3.8) is 0 Å². The van der Waals surface area contributed by atoms with Crippen molar-refractivity contribution >= 4 is 23.3 Å². The molecule has 24 heavy (non-hydrogen) atoms. The number of hydrogen-bond acceptors (Lipinski definition) is 5. The Kier molecular flexibility index (Phi) is 4.55. The Morgan fingerprint density at radius 3 is 2.79 bits per heavy atom. The van der Waals surface area contributed by atoms with Gasteiger partial charge in [0.2, 0.25) is 5.89 Å². The fourth-order valence-corrected chi connectivity index (χ4v) is 2.69. The molecule has 0 atom stereocenters. The summed E-state index contributed by atoms with van der Waals surface area (Å²) in [6.45, 7) is 7.07. The van der Waals surface area contributed by atoms with Crippen molar-refractivity contribution in [2.75, 3.05) is 13.1 Å². The molecular weight excluding hydrogens is 306 g/mol. The van der Waals surface area contributed by atoms with Crippen LogP contribution in [0.5, 0.6) is 0 Å². The molecule has 3 heterocycles. The van der Waals surface area contributed by atoms with Gasteiger partial charge in [-0.1, -0.05) is 6.08 Å². The fourth-order valence-electron chi connectivity index (χ4n) is 2.69. The number of nitrogens with zero attached hydrogens (tertiary/aromatic N) is 3. The summed E-state index contributed by atoms with van der Waals surface area (Å²) in [7, 11) is 0. The number of fused-ring (bicyclic) bond motifs is 1. The van der Waals surface area contributed by atoms with Crippen LogP contribution >= 0.6 is 0 Å². The van der Waals surface area contributed by atoms with Crippen LogP contribution in [0.4, 0.5) is 4.79 Å². The van der Waals surface area contributed by atoms with E-state index in [-0.39, 0.29) is 6.09 Å². The van der Waals surface area contributed by atoms with E-state index in [0.717, 1.165) is 23.9 Å². The third-order valence-corrected chi connectivity index (χ3v) is 3.91. The van der Waals surface area contributed by atoms with Crippen LogP contribution in [0.2, 0.25) is 0 Å².